The molecule has 24 heavy (non-hydrogen) atoms. The Morgan fingerprint density at radius 3 is 2.50 bits per heavy atom. The molecular weight excluding hydrogens is 300 g/mol. The first-order valence-corrected chi connectivity index (χ1v) is 8.47. The Kier molecular flexibility index (Phi) is 4.31. The van der Waals surface area contributed by atoms with Crippen LogP contribution in [0, 0.1) is 0 Å². The summed E-state index contributed by atoms with van der Waals surface area (Å²) in [5, 5.41) is 0. The van der Waals surface area contributed by atoms with Gasteiger partial charge in [-0.2, -0.15) is 0 Å². The summed E-state index contributed by atoms with van der Waals surface area (Å²) in [7, 11) is 0. The summed E-state index contributed by atoms with van der Waals surface area (Å²) in [5.41, 5.74) is 2.43. The van der Waals surface area contributed by atoms with Crippen molar-refractivity contribution in [2.75, 3.05) is 6.54 Å². The first-order valence-electron chi connectivity index (χ1n) is 8.47. The Bertz CT molecular complexity index is 784. The lowest BCUT2D eigenvalue weighted by atomic mass is 9.86. The molecule has 1 aromatic heterocycles. The number of nitrogens with zero attached hydrogens (tertiary/aromatic N) is 1. The van der Waals surface area contributed by atoms with Gasteiger partial charge in [0.25, 0.3) is 11.5 Å². The van der Waals surface area contributed by atoms with Crippen LogP contribution in [0.3, 0.4) is 0 Å². The van der Waals surface area contributed by atoms with Crippen LogP contribution in [0.2, 0.25) is 0 Å². The Morgan fingerprint density at radius 2 is 1.88 bits per heavy atom. The maximum Gasteiger partial charge on any atom is 0.260 e. The Morgan fingerprint density at radius 1 is 1.17 bits per heavy atom. The van der Waals surface area contributed by atoms with Gasteiger partial charge in [0, 0.05) is 12.7 Å². The van der Waals surface area contributed by atoms with Crippen molar-refractivity contribution in [3.8, 4) is 0 Å². The van der Waals surface area contributed by atoms with Crippen LogP contribution in [0.15, 0.2) is 47.4 Å². The smallest absolute Gasteiger partial charge is 0.260 e. The monoisotopic (exact) mass is 324 g/mol. The van der Waals surface area contributed by atoms with E-state index in [4.69, 9.17) is 0 Å². The predicted molar refractivity (Wildman–Crippen MR) is 95.2 cm³/mol. The van der Waals surface area contributed by atoms with Crippen LogP contribution in [-0.2, 0) is 5.41 Å². The van der Waals surface area contributed by atoms with Crippen molar-refractivity contribution in [3.63, 3.8) is 0 Å². The van der Waals surface area contributed by atoms with Crippen LogP contribution < -0.4 is 5.56 Å². The molecule has 2 aromatic rings. The second-order valence-electron chi connectivity index (χ2n) is 7.44. The van der Waals surface area contributed by atoms with E-state index in [1.54, 1.807) is 18.3 Å². The molecule has 4 heteroatoms. The highest BCUT2D eigenvalue weighted by molar-refractivity contribution is 5.94. The number of nitrogens with one attached hydrogen (secondary N) is 1. The van der Waals surface area contributed by atoms with Gasteiger partial charge in [-0.1, -0.05) is 45.0 Å². The average Bonchev–Trinajstić information content (AvgIpc) is 3.03. The molecule has 1 aliphatic heterocycles. The molecule has 0 radical (unpaired) electrons. The third-order valence-corrected chi connectivity index (χ3v) is 4.72. The average molecular weight is 324 g/mol. The van der Waals surface area contributed by atoms with E-state index < -0.39 is 0 Å². The highest BCUT2D eigenvalue weighted by atomic mass is 16.2. The van der Waals surface area contributed by atoms with E-state index in [1.165, 1.54) is 5.56 Å². The van der Waals surface area contributed by atoms with Gasteiger partial charge in [0.1, 0.15) is 5.56 Å². The minimum absolute atomic E-state index is 0.0473. The molecule has 2 heterocycles. The summed E-state index contributed by atoms with van der Waals surface area (Å²) in [4.78, 5) is 29.1. The molecule has 1 amide bonds. The normalized spacial score (nSPS) is 18.0. The Labute approximate surface area is 142 Å². The van der Waals surface area contributed by atoms with Crippen LogP contribution in [0.5, 0.6) is 0 Å². The second-order valence-corrected chi connectivity index (χ2v) is 7.44. The topological polar surface area (TPSA) is 53.2 Å². The van der Waals surface area contributed by atoms with Crippen molar-refractivity contribution in [1.29, 1.82) is 0 Å². The van der Waals surface area contributed by atoms with Crippen LogP contribution >= 0.6 is 0 Å². The second kappa shape index (κ2) is 6.27. The molecule has 1 fully saturated rings. The maximum absolute atomic E-state index is 12.8. The highest BCUT2D eigenvalue weighted by Crippen LogP contribution is 2.34. The first kappa shape index (κ1) is 16.5. The lowest BCUT2D eigenvalue weighted by Crippen LogP contribution is -2.34. The molecule has 1 N–H and O–H groups in total. The minimum Gasteiger partial charge on any atom is -0.331 e. The van der Waals surface area contributed by atoms with E-state index in [0.29, 0.717) is 6.54 Å². The molecule has 1 aromatic carbocycles. The van der Waals surface area contributed by atoms with E-state index in [1.807, 2.05) is 4.90 Å². The van der Waals surface area contributed by atoms with Crippen molar-refractivity contribution >= 4 is 5.91 Å². The Hall–Kier alpha value is -2.36. The van der Waals surface area contributed by atoms with E-state index in [2.05, 4.69) is 50.0 Å². The van der Waals surface area contributed by atoms with Crippen molar-refractivity contribution in [1.82, 2.24) is 9.88 Å². The molecule has 0 saturated carbocycles. The molecule has 0 unspecified atom stereocenters. The number of pyridine rings is 1. The lowest BCUT2D eigenvalue weighted by Gasteiger charge is -2.26. The standard InChI is InChI=1S/C20H24N2O2/c1-20(2,3)15-10-8-14(9-11-15)17-7-5-13-22(17)19(24)16-6-4-12-21-18(16)23/h4,6,8-12,17H,5,7,13H2,1-3H3,(H,21,23)/t17-/m1/s1. The van der Waals surface area contributed by atoms with E-state index in [9.17, 15) is 9.59 Å². The fourth-order valence-corrected chi connectivity index (χ4v) is 3.31. The third kappa shape index (κ3) is 3.14. The summed E-state index contributed by atoms with van der Waals surface area (Å²) < 4.78 is 0. The zero-order valence-electron chi connectivity index (χ0n) is 14.5. The Balaban J connectivity index is 1.87. The number of aromatic nitrogens is 1. The number of likely N-dealkylation sites (tertiary alicyclic amines) is 1. The number of amides is 1. The van der Waals surface area contributed by atoms with Crippen LogP contribution in [0.4, 0.5) is 0 Å². The molecule has 3 rings (SSSR count). The van der Waals surface area contributed by atoms with Gasteiger partial charge in [0.05, 0.1) is 6.04 Å². The molecule has 0 bridgehead atoms. The molecule has 4 nitrogen and oxygen atoms in total. The zero-order chi connectivity index (χ0) is 17.3. The van der Waals surface area contributed by atoms with Crippen LogP contribution in [0.25, 0.3) is 0 Å². The van der Waals surface area contributed by atoms with Crippen LogP contribution in [-0.4, -0.2) is 22.3 Å². The molecule has 1 atom stereocenters. The lowest BCUT2D eigenvalue weighted by molar-refractivity contribution is 0.0734. The molecule has 0 spiro atoms. The highest BCUT2D eigenvalue weighted by Gasteiger charge is 2.31. The number of benzene rings is 1. The van der Waals surface area contributed by atoms with Gasteiger partial charge < -0.3 is 9.88 Å². The van der Waals surface area contributed by atoms with Crippen molar-refractivity contribution in [3.05, 3.63) is 69.6 Å². The molecule has 1 aliphatic rings. The summed E-state index contributed by atoms with van der Waals surface area (Å²) >= 11 is 0. The van der Waals surface area contributed by atoms with E-state index >= 15 is 0 Å². The SMILES string of the molecule is CC(C)(C)c1ccc([C@H]2CCCN2C(=O)c2ccc[nH]c2=O)cc1. The fourth-order valence-electron chi connectivity index (χ4n) is 3.31. The first-order chi connectivity index (χ1) is 11.4. The number of carbonyl (C=O) groups excluding carboxylic acids is 1. The molecule has 126 valence electrons. The van der Waals surface area contributed by atoms with Crippen molar-refractivity contribution < 1.29 is 4.79 Å². The maximum atomic E-state index is 12.8. The summed E-state index contributed by atoms with van der Waals surface area (Å²) in [6.45, 7) is 7.26. The zero-order valence-corrected chi connectivity index (χ0v) is 14.5. The largest absolute Gasteiger partial charge is 0.331 e. The van der Waals surface area contributed by atoms with E-state index in [-0.39, 0.29) is 28.5 Å². The number of hydrogen-bond donors (Lipinski definition) is 1. The molecule has 0 aliphatic carbocycles. The van der Waals surface area contributed by atoms with Crippen LogP contribution in [0.1, 0.15) is 61.1 Å². The van der Waals surface area contributed by atoms with Crippen molar-refractivity contribution in [2.24, 2.45) is 0 Å². The van der Waals surface area contributed by atoms with Gasteiger partial charge >= 0.3 is 0 Å². The third-order valence-electron chi connectivity index (χ3n) is 4.72. The van der Waals surface area contributed by atoms with Gasteiger partial charge in [-0.25, -0.2) is 0 Å². The summed E-state index contributed by atoms with van der Waals surface area (Å²) in [6.07, 6.45) is 3.44. The van der Waals surface area contributed by atoms with E-state index in [0.717, 1.165) is 18.4 Å². The van der Waals surface area contributed by atoms with Gasteiger partial charge in [0.2, 0.25) is 0 Å². The molecular formula is C20H24N2O2. The minimum atomic E-state index is -0.323. The number of aromatic amines is 1. The van der Waals surface area contributed by atoms with Gasteiger partial charge in [0.15, 0.2) is 0 Å². The number of H-pyrrole nitrogens is 1. The predicted octanol–water partition coefficient (Wildman–Crippen LogP) is 3.65. The van der Waals surface area contributed by atoms with Gasteiger partial charge in [-0.3, -0.25) is 9.59 Å². The fraction of sp³-hybridized carbons (Fsp3) is 0.400. The number of carbonyl (C=O) groups is 1. The number of hydrogen-bond acceptors (Lipinski definition) is 2. The number of rotatable bonds is 2. The quantitative estimate of drug-likeness (QED) is 0.917. The summed E-state index contributed by atoms with van der Waals surface area (Å²) in [6, 6.07) is 11.9. The van der Waals surface area contributed by atoms with Gasteiger partial charge in [-0.05, 0) is 41.5 Å². The molecule has 1 saturated heterocycles. The summed E-state index contributed by atoms with van der Waals surface area (Å²) in [5.74, 6) is -0.181. The van der Waals surface area contributed by atoms with Crippen molar-refractivity contribution in [2.45, 2.75) is 45.1 Å². The van der Waals surface area contributed by atoms with Gasteiger partial charge in [-0.15, -0.1) is 0 Å².